The third-order valence-electron chi connectivity index (χ3n) is 7.25. The molecule has 0 aliphatic carbocycles. The SMILES string of the molecule is O=C(Cc1nc2cnc3[nH]ccc3c2n1C1CCN(Cc2ccccc2)CC1)N1CCCC1. The normalized spacial score (nSPS) is 18.0. The molecule has 1 amide bonds. The molecule has 1 aromatic carbocycles. The van der Waals surface area contributed by atoms with Gasteiger partial charge in [0.05, 0.1) is 18.1 Å². The van der Waals surface area contributed by atoms with Crippen LogP contribution in [-0.2, 0) is 17.8 Å². The number of aromatic nitrogens is 4. The molecule has 2 fully saturated rings. The third-order valence-corrected chi connectivity index (χ3v) is 7.25. The molecule has 5 heterocycles. The number of piperidine rings is 1. The second-order valence-electron chi connectivity index (χ2n) is 9.39. The molecule has 7 nitrogen and oxygen atoms in total. The first-order valence-electron chi connectivity index (χ1n) is 12.1. The standard InChI is InChI=1S/C26H30N6O/c33-24(31-12-4-5-13-31)16-23-29-22-17-28-26-21(8-11-27-26)25(22)32(23)20-9-14-30(15-10-20)18-19-6-2-1-3-7-19/h1-3,6-8,11,17,20H,4-5,9-10,12-16,18H2,(H,27,28). The van der Waals surface area contributed by atoms with E-state index in [1.807, 2.05) is 17.3 Å². The number of pyridine rings is 1. The van der Waals surface area contributed by atoms with Crippen LogP contribution in [0.15, 0.2) is 48.8 Å². The minimum Gasteiger partial charge on any atom is -0.346 e. The topological polar surface area (TPSA) is 70.0 Å². The number of carbonyl (C=O) groups is 1. The Morgan fingerprint density at radius 2 is 1.82 bits per heavy atom. The van der Waals surface area contributed by atoms with Gasteiger partial charge >= 0.3 is 0 Å². The number of rotatable bonds is 5. The van der Waals surface area contributed by atoms with Crippen LogP contribution in [0.5, 0.6) is 0 Å². The minimum atomic E-state index is 0.198. The van der Waals surface area contributed by atoms with E-state index < -0.39 is 0 Å². The number of aromatic amines is 1. The minimum absolute atomic E-state index is 0.198. The smallest absolute Gasteiger partial charge is 0.230 e. The molecular weight excluding hydrogens is 412 g/mol. The van der Waals surface area contributed by atoms with Gasteiger partial charge in [0.15, 0.2) is 0 Å². The van der Waals surface area contributed by atoms with Crippen molar-refractivity contribution in [3.63, 3.8) is 0 Å². The van der Waals surface area contributed by atoms with E-state index in [1.54, 1.807) is 0 Å². The first-order chi connectivity index (χ1) is 16.3. The van der Waals surface area contributed by atoms with E-state index in [-0.39, 0.29) is 5.91 Å². The van der Waals surface area contributed by atoms with Crippen LogP contribution < -0.4 is 0 Å². The molecule has 2 aliphatic rings. The van der Waals surface area contributed by atoms with E-state index >= 15 is 0 Å². The molecule has 0 radical (unpaired) electrons. The lowest BCUT2D eigenvalue weighted by Crippen LogP contribution is -2.35. The molecule has 0 unspecified atom stereocenters. The fourth-order valence-corrected chi connectivity index (χ4v) is 5.55. The molecule has 6 rings (SSSR count). The van der Waals surface area contributed by atoms with Crippen LogP contribution in [0.4, 0.5) is 0 Å². The summed E-state index contributed by atoms with van der Waals surface area (Å²) in [6, 6.07) is 13.1. The monoisotopic (exact) mass is 442 g/mol. The van der Waals surface area contributed by atoms with Gasteiger partial charge in [-0.15, -0.1) is 0 Å². The molecule has 1 N–H and O–H groups in total. The Labute approximate surface area is 193 Å². The van der Waals surface area contributed by atoms with Crippen molar-refractivity contribution in [3.8, 4) is 0 Å². The van der Waals surface area contributed by atoms with Crippen LogP contribution in [-0.4, -0.2) is 61.4 Å². The van der Waals surface area contributed by atoms with Crippen molar-refractivity contribution in [1.82, 2.24) is 29.3 Å². The Kier molecular flexibility index (Phi) is 5.34. The van der Waals surface area contributed by atoms with E-state index in [0.29, 0.717) is 12.5 Å². The molecule has 33 heavy (non-hydrogen) atoms. The van der Waals surface area contributed by atoms with Gasteiger partial charge in [0, 0.05) is 50.3 Å². The number of imidazole rings is 1. The molecule has 2 saturated heterocycles. The van der Waals surface area contributed by atoms with Crippen molar-refractivity contribution in [2.75, 3.05) is 26.2 Å². The fraction of sp³-hybridized carbons (Fsp3) is 0.423. The van der Waals surface area contributed by atoms with Crippen LogP contribution in [0, 0.1) is 0 Å². The number of amides is 1. The van der Waals surface area contributed by atoms with E-state index in [0.717, 1.165) is 86.3 Å². The van der Waals surface area contributed by atoms with E-state index in [9.17, 15) is 4.79 Å². The highest BCUT2D eigenvalue weighted by Gasteiger charge is 2.28. The Balaban J connectivity index is 1.30. The number of benzene rings is 1. The van der Waals surface area contributed by atoms with Crippen molar-refractivity contribution >= 4 is 28.0 Å². The van der Waals surface area contributed by atoms with Gasteiger partial charge in [-0.05, 0) is 37.3 Å². The second kappa shape index (κ2) is 8.63. The second-order valence-corrected chi connectivity index (χ2v) is 9.39. The van der Waals surface area contributed by atoms with Gasteiger partial charge in [-0.25, -0.2) is 9.97 Å². The number of hydrogen-bond acceptors (Lipinski definition) is 4. The highest BCUT2D eigenvalue weighted by atomic mass is 16.2. The van der Waals surface area contributed by atoms with Crippen LogP contribution >= 0.6 is 0 Å². The zero-order valence-corrected chi connectivity index (χ0v) is 18.9. The van der Waals surface area contributed by atoms with Gasteiger partial charge < -0.3 is 14.5 Å². The van der Waals surface area contributed by atoms with E-state index in [4.69, 9.17) is 4.98 Å². The molecule has 0 bridgehead atoms. The van der Waals surface area contributed by atoms with E-state index in [1.165, 1.54) is 5.56 Å². The van der Waals surface area contributed by atoms with Gasteiger partial charge in [-0.3, -0.25) is 9.69 Å². The largest absolute Gasteiger partial charge is 0.346 e. The summed E-state index contributed by atoms with van der Waals surface area (Å²) in [6.07, 6.45) is 8.47. The lowest BCUT2D eigenvalue weighted by molar-refractivity contribution is -0.129. The number of likely N-dealkylation sites (tertiary alicyclic amines) is 2. The number of nitrogens with zero attached hydrogens (tertiary/aromatic N) is 5. The highest BCUT2D eigenvalue weighted by Crippen LogP contribution is 2.33. The van der Waals surface area contributed by atoms with Crippen LogP contribution in [0.1, 0.15) is 43.1 Å². The van der Waals surface area contributed by atoms with Crippen molar-refractivity contribution < 1.29 is 4.79 Å². The molecular formula is C26H30N6O. The average molecular weight is 443 g/mol. The van der Waals surface area contributed by atoms with Gasteiger partial charge in [-0.1, -0.05) is 30.3 Å². The number of fused-ring (bicyclic) bond motifs is 3. The Bertz CT molecular complexity index is 1260. The summed E-state index contributed by atoms with van der Waals surface area (Å²) in [7, 11) is 0. The number of hydrogen-bond donors (Lipinski definition) is 1. The quantitative estimate of drug-likeness (QED) is 0.509. The first kappa shape index (κ1) is 20.4. The molecule has 0 saturated carbocycles. The summed E-state index contributed by atoms with van der Waals surface area (Å²) in [5.41, 5.74) is 4.24. The summed E-state index contributed by atoms with van der Waals surface area (Å²) in [5, 5.41) is 1.09. The van der Waals surface area contributed by atoms with Crippen LogP contribution in [0.3, 0.4) is 0 Å². The molecule has 0 spiro atoms. The van der Waals surface area contributed by atoms with Gasteiger partial charge in [0.1, 0.15) is 17.0 Å². The van der Waals surface area contributed by atoms with Gasteiger partial charge in [0.2, 0.25) is 5.91 Å². The first-order valence-corrected chi connectivity index (χ1v) is 12.1. The number of H-pyrrole nitrogens is 1. The predicted octanol–water partition coefficient (Wildman–Crippen LogP) is 3.91. The Morgan fingerprint density at radius 3 is 2.61 bits per heavy atom. The fourth-order valence-electron chi connectivity index (χ4n) is 5.55. The maximum Gasteiger partial charge on any atom is 0.230 e. The molecule has 7 heteroatoms. The zero-order valence-electron chi connectivity index (χ0n) is 18.9. The Hall–Kier alpha value is -3.19. The van der Waals surface area contributed by atoms with Crippen molar-refractivity contribution in [3.05, 3.63) is 60.2 Å². The zero-order chi connectivity index (χ0) is 22.2. The van der Waals surface area contributed by atoms with E-state index in [2.05, 4.69) is 55.8 Å². The highest BCUT2D eigenvalue weighted by molar-refractivity contribution is 6.01. The molecule has 4 aromatic rings. The van der Waals surface area contributed by atoms with Crippen molar-refractivity contribution in [2.24, 2.45) is 0 Å². The number of nitrogens with one attached hydrogen (secondary N) is 1. The molecule has 0 atom stereocenters. The van der Waals surface area contributed by atoms with Crippen molar-refractivity contribution in [2.45, 2.75) is 44.7 Å². The average Bonchev–Trinajstić information content (AvgIpc) is 3.59. The molecule has 3 aromatic heterocycles. The van der Waals surface area contributed by atoms with Crippen LogP contribution in [0.2, 0.25) is 0 Å². The lowest BCUT2D eigenvalue weighted by Gasteiger charge is -2.33. The lowest BCUT2D eigenvalue weighted by atomic mass is 10.0. The summed E-state index contributed by atoms with van der Waals surface area (Å²) in [4.78, 5) is 30.3. The Morgan fingerprint density at radius 1 is 1.03 bits per heavy atom. The van der Waals surface area contributed by atoms with Gasteiger partial charge in [-0.2, -0.15) is 0 Å². The number of carbonyl (C=O) groups excluding carboxylic acids is 1. The molecule has 2 aliphatic heterocycles. The summed E-state index contributed by atoms with van der Waals surface area (Å²) >= 11 is 0. The van der Waals surface area contributed by atoms with Crippen LogP contribution in [0.25, 0.3) is 22.1 Å². The summed E-state index contributed by atoms with van der Waals surface area (Å²) < 4.78 is 2.38. The molecule has 170 valence electrons. The summed E-state index contributed by atoms with van der Waals surface area (Å²) in [5.74, 6) is 1.09. The third kappa shape index (κ3) is 3.91. The van der Waals surface area contributed by atoms with Crippen molar-refractivity contribution in [1.29, 1.82) is 0 Å². The maximum absolute atomic E-state index is 13.0. The predicted molar refractivity (Wildman–Crippen MR) is 129 cm³/mol. The van der Waals surface area contributed by atoms with Gasteiger partial charge in [0.25, 0.3) is 0 Å². The summed E-state index contributed by atoms with van der Waals surface area (Å²) in [6.45, 7) is 4.83. The maximum atomic E-state index is 13.0.